The average molecular weight is 480 g/mol. The van der Waals surface area contributed by atoms with Gasteiger partial charge in [0.1, 0.15) is 5.75 Å². The summed E-state index contributed by atoms with van der Waals surface area (Å²) in [4.78, 5) is 23.9. The summed E-state index contributed by atoms with van der Waals surface area (Å²) in [5, 5.41) is 9.23. The third-order valence-corrected chi connectivity index (χ3v) is 6.00. The first-order valence-electron chi connectivity index (χ1n) is 12.0. The molecule has 1 unspecified atom stereocenters. The highest BCUT2D eigenvalue weighted by Crippen LogP contribution is 2.31. The van der Waals surface area contributed by atoms with Gasteiger partial charge in [0.15, 0.2) is 6.10 Å². The predicted molar refractivity (Wildman–Crippen MR) is 142 cm³/mol. The Kier molecular flexibility index (Phi) is 8.14. The van der Waals surface area contributed by atoms with Crippen LogP contribution in [0, 0.1) is 0 Å². The third kappa shape index (κ3) is 6.19. The van der Waals surface area contributed by atoms with E-state index in [1.807, 2.05) is 72.9 Å². The molecule has 0 saturated heterocycles. The normalized spacial score (nSPS) is 12.1. The van der Waals surface area contributed by atoms with Crippen LogP contribution in [-0.2, 0) is 11.3 Å². The molecule has 4 rings (SSSR count). The largest absolute Gasteiger partial charge is 0.479 e. The van der Waals surface area contributed by atoms with Gasteiger partial charge in [-0.05, 0) is 40.8 Å². The summed E-state index contributed by atoms with van der Waals surface area (Å²) >= 11 is 0. The van der Waals surface area contributed by atoms with Gasteiger partial charge in [0.2, 0.25) is 0 Å². The van der Waals surface area contributed by atoms with Gasteiger partial charge in [-0.25, -0.2) is 4.79 Å². The molecule has 1 N–H and O–H groups in total. The molecule has 0 radical (unpaired) electrons. The van der Waals surface area contributed by atoms with E-state index in [1.165, 1.54) is 0 Å². The smallest absolute Gasteiger partial charge is 0.344 e. The van der Waals surface area contributed by atoms with E-state index in [-0.39, 0.29) is 11.5 Å². The van der Waals surface area contributed by atoms with E-state index in [0.29, 0.717) is 18.7 Å². The van der Waals surface area contributed by atoms with Crippen molar-refractivity contribution in [2.24, 2.45) is 0 Å². The lowest BCUT2D eigenvalue weighted by Gasteiger charge is -2.19. The molecule has 3 aromatic carbocycles. The van der Waals surface area contributed by atoms with Crippen LogP contribution in [0.25, 0.3) is 6.08 Å². The molecular formula is C31H29NO4. The maximum absolute atomic E-state index is 12.6. The number of allylic oxidation sites excluding steroid dienone is 1. The molecule has 0 bridgehead atoms. The van der Waals surface area contributed by atoms with Gasteiger partial charge in [0, 0.05) is 24.7 Å². The second-order valence-electron chi connectivity index (χ2n) is 8.54. The van der Waals surface area contributed by atoms with Gasteiger partial charge in [-0.2, -0.15) is 0 Å². The molecule has 0 aliphatic heterocycles. The van der Waals surface area contributed by atoms with Crippen LogP contribution >= 0.6 is 0 Å². The van der Waals surface area contributed by atoms with Crippen LogP contribution in [0.4, 0.5) is 0 Å². The Morgan fingerprint density at radius 1 is 0.889 bits per heavy atom. The number of carbonyl (C=O) groups is 1. The lowest BCUT2D eigenvalue weighted by molar-refractivity contribution is -0.145. The summed E-state index contributed by atoms with van der Waals surface area (Å²) in [6.45, 7) is 2.18. The molecule has 0 aliphatic rings. The Labute approximate surface area is 210 Å². The second-order valence-corrected chi connectivity index (χ2v) is 8.54. The second kappa shape index (κ2) is 11.8. The summed E-state index contributed by atoms with van der Waals surface area (Å²) in [5.74, 6) is -0.473. The van der Waals surface area contributed by atoms with Crippen molar-refractivity contribution in [2.45, 2.75) is 31.9 Å². The molecule has 0 amide bonds. The average Bonchev–Trinajstić information content (AvgIpc) is 2.90. The van der Waals surface area contributed by atoms with E-state index < -0.39 is 12.1 Å². The Hall–Kier alpha value is -4.38. The lowest BCUT2D eigenvalue weighted by atomic mass is 9.86. The number of carboxylic acid groups (broad SMARTS) is 1. The number of hydrogen-bond donors (Lipinski definition) is 1. The number of hydrogen-bond acceptors (Lipinski definition) is 3. The Balaban J connectivity index is 1.57. The molecular weight excluding hydrogens is 450 g/mol. The zero-order valence-corrected chi connectivity index (χ0v) is 20.2. The van der Waals surface area contributed by atoms with Gasteiger partial charge in [-0.15, -0.1) is 0 Å². The fourth-order valence-electron chi connectivity index (χ4n) is 4.20. The number of aliphatic carboxylic acids is 1. The number of pyridine rings is 1. The lowest BCUT2D eigenvalue weighted by Crippen LogP contribution is -2.25. The van der Waals surface area contributed by atoms with Crippen molar-refractivity contribution < 1.29 is 14.6 Å². The quantitative estimate of drug-likeness (QED) is 0.304. The monoisotopic (exact) mass is 479 g/mol. The van der Waals surface area contributed by atoms with Crippen molar-refractivity contribution >= 4 is 12.0 Å². The molecule has 5 nitrogen and oxygen atoms in total. The van der Waals surface area contributed by atoms with Crippen molar-refractivity contribution in [2.75, 3.05) is 0 Å². The topological polar surface area (TPSA) is 68.5 Å². The molecule has 4 aromatic rings. The van der Waals surface area contributed by atoms with Crippen LogP contribution in [0.3, 0.4) is 0 Å². The molecule has 0 spiro atoms. The van der Waals surface area contributed by atoms with Crippen molar-refractivity contribution in [1.82, 2.24) is 4.57 Å². The number of aromatic nitrogens is 1. The van der Waals surface area contributed by atoms with Crippen molar-refractivity contribution in [3.05, 3.63) is 142 Å². The van der Waals surface area contributed by atoms with E-state index in [0.717, 1.165) is 22.3 Å². The van der Waals surface area contributed by atoms with E-state index in [4.69, 9.17) is 4.74 Å². The number of nitrogens with zero attached hydrogens (tertiary/aromatic N) is 1. The number of benzene rings is 3. The van der Waals surface area contributed by atoms with Gasteiger partial charge >= 0.3 is 5.97 Å². The van der Waals surface area contributed by atoms with Gasteiger partial charge in [-0.3, -0.25) is 4.79 Å². The third-order valence-electron chi connectivity index (χ3n) is 6.00. The van der Waals surface area contributed by atoms with E-state index >= 15 is 0 Å². The van der Waals surface area contributed by atoms with Crippen LogP contribution in [-0.4, -0.2) is 21.7 Å². The molecule has 36 heavy (non-hydrogen) atoms. The standard InChI is InChI=1S/C31H29NO4/c1-2-28(31(34)35)36-27-17-9-11-23(21-27)12-10-20-32-22-26(18-19-29(32)33)30(24-13-5-3-6-14-24)25-15-7-4-8-16-25/h3-19,21-22,28,30H,2,20H2,1H3,(H,34,35)/b12-10+. The van der Waals surface area contributed by atoms with Crippen molar-refractivity contribution in [3.63, 3.8) is 0 Å². The first-order chi connectivity index (χ1) is 17.5. The maximum atomic E-state index is 12.6. The van der Waals surface area contributed by atoms with Gasteiger partial charge in [-0.1, -0.05) is 97.9 Å². The highest BCUT2D eigenvalue weighted by molar-refractivity contribution is 5.72. The minimum atomic E-state index is -0.984. The highest BCUT2D eigenvalue weighted by Gasteiger charge is 2.18. The SMILES string of the molecule is CCC(Oc1cccc(/C=C/Cn2cc(C(c3ccccc3)c3ccccc3)ccc2=O)c1)C(=O)O. The van der Waals surface area contributed by atoms with E-state index in [9.17, 15) is 14.7 Å². The summed E-state index contributed by atoms with van der Waals surface area (Å²) in [5.41, 5.74) is 4.15. The fourth-order valence-corrected chi connectivity index (χ4v) is 4.20. The van der Waals surface area contributed by atoms with E-state index in [2.05, 4.69) is 24.3 Å². The molecule has 0 saturated carbocycles. The van der Waals surface area contributed by atoms with Crippen LogP contribution in [0.15, 0.2) is 114 Å². The minimum absolute atomic E-state index is 0.0119. The highest BCUT2D eigenvalue weighted by atomic mass is 16.5. The zero-order chi connectivity index (χ0) is 25.3. The van der Waals surface area contributed by atoms with Crippen LogP contribution in [0.1, 0.15) is 41.5 Å². The Morgan fingerprint density at radius 3 is 2.17 bits per heavy atom. The van der Waals surface area contributed by atoms with Crippen molar-refractivity contribution in [3.8, 4) is 5.75 Å². The molecule has 0 aliphatic carbocycles. The number of carboxylic acids is 1. The number of ether oxygens (including phenoxy) is 1. The maximum Gasteiger partial charge on any atom is 0.344 e. The summed E-state index contributed by atoms with van der Waals surface area (Å²) in [6.07, 6.45) is 5.24. The van der Waals surface area contributed by atoms with Gasteiger partial charge in [0.25, 0.3) is 5.56 Å². The van der Waals surface area contributed by atoms with Gasteiger partial charge < -0.3 is 14.4 Å². The number of rotatable bonds is 10. The summed E-state index contributed by atoms with van der Waals surface area (Å²) in [6, 6.07) is 31.3. The Bertz CT molecular complexity index is 1340. The summed E-state index contributed by atoms with van der Waals surface area (Å²) < 4.78 is 7.28. The van der Waals surface area contributed by atoms with Crippen LogP contribution < -0.4 is 10.3 Å². The summed E-state index contributed by atoms with van der Waals surface area (Å²) in [7, 11) is 0. The molecule has 1 aromatic heterocycles. The predicted octanol–water partition coefficient (Wildman–Crippen LogP) is 5.98. The Morgan fingerprint density at radius 2 is 1.56 bits per heavy atom. The molecule has 0 fully saturated rings. The molecule has 5 heteroatoms. The van der Waals surface area contributed by atoms with Crippen LogP contribution in [0.2, 0.25) is 0 Å². The first-order valence-corrected chi connectivity index (χ1v) is 12.0. The molecule has 1 atom stereocenters. The van der Waals surface area contributed by atoms with Crippen molar-refractivity contribution in [1.29, 1.82) is 0 Å². The van der Waals surface area contributed by atoms with E-state index in [1.54, 1.807) is 29.7 Å². The molecule has 1 heterocycles. The van der Waals surface area contributed by atoms with Gasteiger partial charge in [0.05, 0.1) is 0 Å². The fraction of sp³-hybridized carbons (Fsp3) is 0.161. The minimum Gasteiger partial charge on any atom is -0.479 e. The molecule has 182 valence electrons. The zero-order valence-electron chi connectivity index (χ0n) is 20.2. The first kappa shape index (κ1) is 24.7. The van der Waals surface area contributed by atoms with Crippen LogP contribution in [0.5, 0.6) is 5.75 Å².